The van der Waals surface area contributed by atoms with E-state index in [0.29, 0.717) is 5.69 Å². The number of hydrogen-bond donors (Lipinski definition) is 2. The number of nitrogens with zero attached hydrogens (tertiary/aromatic N) is 1. The van der Waals surface area contributed by atoms with Gasteiger partial charge in [0.15, 0.2) is 0 Å². The van der Waals surface area contributed by atoms with Crippen LogP contribution in [0.2, 0.25) is 0 Å². The lowest BCUT2D eigenvalue weighted by Crippen LogP contribution is -2.14. The second-order valence-electron chi connectivity index (χ2n) is 4.38. The van der Waals surface area contributed by atoms with Crippen LogP contribution in [0.15, 0.2) is 47.3 Å². The summed E-state index contributed by atoms with van der Waals surface area (Å²) in [5.74, 6) is 0. The largest absolute Gasteiger partial charge is 0.399 e. The molecule has 3 aromatic rings. The molecule has 18 heavy (non-hydrogen) atoms. The topological polar surface area (TPSA) is 63.8 Å². The number of nitrogens with one attached hydrogen (secondary N) is 1. The van der Waals surface area contributed by atoms with E-state index in [-0.39, 0.29) is 5.69 Å². The van der Waals surface area contributed by atoms with Crippen LogP contribution >= 0.6 is 0 Å². The minimum Gasteiger partial charge on any atom is -0.399 e. The number of aromatic amines is 1. The van der Waals surface area contributed by atoms with E-state index in [2.05, 4.69) is 4.98 Å². The standard InChI is InChI=1S/C14H13N3O/c1-9-3-2-4-11(7-9)17-13-8-10(15)5-6-12(13)16-14(17)18/h2-8H,15H2,1H3,(H,16,18). The van der Waals surface area contributed by atoms with Gasteiger partial charge in [-0.3, -0.25) is 4.57 Å². The Kier molecular flexibility index (Phi) is 2.23. The zero-order valence-corrected chi connectivity index (χ0v) is 9.97. The second-order valence-corrected chi connectivity index (χ2v) is 4.38. The molecule has 2 aromatic carbocycles. The Bertz CT molecular complexity index is 783. The Labute approximate surface area is 104 Å². The lowest BCUT2D eigenvalue weighted by molar-refractivity contribution is 1.01. The molecule has 3 N–H and O–H groups in total. The summed E-state index contributed by atoms with van der Waals surface area (Å²) in [6, 6.07) is 13.2. The maximum atomic E-state index is 12.0. The summed E-state index contributed by atoms with van der Waals surface area (Å²) in [4.78, 5) is 14.9. The highest BCUT2D eigenvalue weighted by molar-refractivity contribution is 5.80. The molecule has 0 saturated carbocycles. The minimum absolute atomic E-state index is 0.152. The van der Waals surface area contributed by atoms with Crippen LogP contribution in [0.4, 0.5) is 5.69 Å². The molecule has 0 atom stereocenters. The third-order valence-electron chi connectivity index (χ3n) is 2.97. The van der Waals surface area contributed by atoms with Crippen LogP contribution in [0.3, 0.4) is 0 Å². The van der Waals surface area contributed by atoms with Crippen molar-refractivity contribution >= 4 is 16.7 Å². The van der Waals surface area contributed by atoms with Crippen molar-refractivity contribution in [1.82, 2.24) is 9.55 Å². The fraction of sp³-hybridized carbons (Fsp3) is 0.0714. The number of H-pyrrole nitrogens is 1. The summed E-state index contributed by atoms with van der Waals surface area (Å²) in [6.45, 7) is 2.00. The minimum atomic E-state index is -0.152. The van der Waals surface area contributed by atoms with E-state index in [0.717, 1.165) is 22.3 Å². The summed E-state index contributed by atoms with van der Waals surface area (Å²) >= 11 is 0. The number of nitrogen functional groups attached to an aromatic ring is 1. The molecule has 0 aliphatic carbocycles. The summed E-state index contributed by atoms with van der Waals surface area (Å²) in [5, 5.41) is 0. The van der Waals surface area contributed by atoms with Crippen molar-refractivity contribution in [1.29, 1.82) is 0 Å². The molecule has 0 aliphatic heterocycles. The molecule has 3 rings (SSSR count). The van der Waals surface area contributed by atoms with E-state index in [9.17, 15) is 4.79 Å². The van der Waals surface area contributed by atoms with E-state index < -0.39 is 0 Å². The molecule has 4 nitrogen and oxygen atoms in total. The summed E-state index contributed by atoms with van der Waals surface area (Å²) < 4.78 is 1.64. The fourth-order valence-corrected chi connectivity index (χ4v) is 2.14. The Morgan fingerprint density at radius 3 is 2.78 bits per heavy atom. The molecule has 0 spiro atoms. The van der Waals surface area contributed by atoms with Crippen molar-refractivity contribution in [3.05, 3.63) is 58.5 Å². The van der Waals surface area contributed by atoms with Crippen LogP contribution in [-0.2, 0) is 0 Å². The van der Waals surface area contributed by atoms with E-state index in [1.54, 1.807) is 16.7 Å². The van der Waals surface area contributed by atoms with Gasteiger partial charge in [0.1, 0.15) is 0 Å². The van der Waals surface area contributed by atoms with E-state index >= 15 is 0 Å². The molecule has 0 aliphatic rings. The van der Waals surface area contributed by atoms with Gasteiger partial charge >= 0.3 is 5.69 Å². The Balaban J connectivity index is 2.38. The number of rotatable bonds is 1. The highest BCUT2D eigenvalue weighted by atomic mass is 16.1. The maximum absolute atomic E-state index is 12.0. The number of anilines is 1. The second kappa shape index (κ2) is 3.77. The van der Waals surface area contributed by atoms with E-state index in [4.69, 9.17) is 5.73 Å². The highest BCUT2D eigenvalue weighted by Crippen LogP contribution is 2.18. The number of aromatic nitrogens is 2. The Morgan fingerprint density at radius 2 is 2.00 bits per heavy atom. The van der Waals surface area contributed by atoms with Gasteiger partial charge in [-0.1, -0.05) is 12.1 Å². The summed E-state index contributed by atoms with van der Waals surface area (Å²) in [7, 11) is 0. The molecule has 0 unspecified atom stereocenters. The van der Waals surface area contributed by atoms with E-state index in [1.807, 2.05) is 37.3 Å². The van der Waals surface area contributed by atoms with E-state index in [1.165, 1.54) is 0 Å². The molecule has 0 fully saturated rings. The molecule has 4 heteroatoms. The smallest absolute Gasteiger partial charge is 0.331 e. The third-order valence-corrected chi connectivity index (χ3v) is 2.97. The fourth-order valence-electron chi connectivity index (χ4n) is 2.14. The number of nitrogens with two attached hydrogens (primary N) is 1. The van der Waals surface area contributed by atoms with Crippen molar-refractivity contribution < 1.29 is 0 Å². The van der Waals surface area contributed by atoms with Crippen LogP contribution < -0.4 is 11.4 Å². The van der Waals surface area contributed by atoms with Gasteiger partial charge in [-0.15, -0.1) is 0 Å². The predicted octanol–water partition coefficient (Wildman–Crippen LogP) is 2.21. The SMILES string of the molecule is Cc1cccc(-n2c(=O)[nH]c3ccc(N)cc32)c1. The summed E-state index contributed by atoms with van der Waals surface area (Å²) in [6.07, 6.45) is 0. The number of aryl methyl sites for hydroxylation is 1. The molecule has 1 aromatic heterocycles. The zero-order chi connectivity index (χ0) is 12.7. The Morgan fingerprint density at radius 1 is 1.17 bits per heavy atom. The molecule has 0 radical (unpaired) electrons. The van der Waals surface area contributed by atoms with Gasteiger partial charge in [-0.25, -0.2) is 4.79 Å². The van der Waals surface area contributed by atoms with Gasteiger partial charge in [0.05, 0.1) is 16.7 Å². The first-order valence-corrected chi connectivity index (χ1v) is 5.72. The number of fused-ring (bicyclic) bond motifs is 1. The third kappa shape index (κ3) is 1.59. The molecule has 0 bridgehead atoms. The Hall–Kier alpha value is -2.49. The molecular formula is C14H13N3O. The van der Waals surface area contributed by atoms with Crippen LogP contribution in [-0.4, -0.2) is 9.55 Å². The van der Waals surface area contributed by atoms with Crippen molar-refractivity contribution in [2.24, 2.45) is 0 Å². The van der Waals surface area contributed by atoms with Crippen molar-refractivity contribution in [2.75, 3.05) is 5.73 Å². The zero-order valence-electron chi connectivity index (χ0n) is 9.97. The van der Waals surface area contributed by atoms with Gasteiger partial charge in [0.2, 0.25) is 0 Å². The average molecular weight is 239 g/mol. The van der Waals surface area contributed by atoms with Crippen LogP contribution in [0.25, 0.3) is 16.7 Å². The first-order valence-electron chi connectivity index (χ1n) is 5.72. The van der Waals surface area contributed by atoms with Crippen molar-refractivity contribution in [3.63, 3.8) is 0 Å². The molecule has 1 heterocycles. The monoisotopic (exact) mass is 239 g/mol. The van der Waals surface area contributed by atoms with Crippen molar-refractivity contribution in [2.45, 2.75) is 6.92 Å². The molecule has 0 amide bonds. The molecule has 90 valence electrons. The maximum Gasteiger partial charge on any atom is 0.331 e. The van der Waals surface area contributed by atoms with Crippen molar-refractivity contribution in [3.8, 4) is 5.69 Å². The normalized spacial score (nSPS) is 10.9. The predicted molar refractivity (Wildman–Crippen MR) is 73.0 cm³/mol. The van der Waals surface area contributed by atoms with Gasteiger partial charge < -0.3 is 10.7 Å². The lowest BCUT2D eigenvalue weighted by Gasteiger charge is -2.04. The summed E-state index contributed by atoms with van der Waals surface area (Å²) in [5.41, 5.74) is 9.81. The first-order chi connectivity index (χ1) is 8.65. The van der Waals surface area contributed by atoms with Gasteiger partial charge in [0.25, 0.3) is 0 Å². The van der Waals surface area contributed by atoms with Gasteiger partial charge in [-0.2, -0.15) is 0 Å². The van der Waals surface area contributed by atoms with Gasteiger partial charge in [0, 0.05) is 5.69 Å². The van der Waals surface area contributed by atoms with Crippen LogP contribution in [0.5, 0.6) is 0 Å². The number of hydrogen-bond acceptors (Lipinski definition) is 2. The first kappa shape index (κ1) is 10.7. The quantitative estimate of drug-likeness (QED) is 0.639. The lowest BCUT2D eigenvalue weighted by atomic mass is 10.2. The van der Waals surface area contributed by atoms with Crippen LogP contribution in [0.1, 0.15) is 5.56 Å². The molecule has 0 saturated heterocycles. The molecular weight excluding hydrogens is 226 g/mol. The van der Waals surface area contributed by atoms with Gasteiger partial charge in [-0.05, 0) is 42.8 Å². The number of imidazole rings is 1. The number of benzene rings is 2. The highest BCUT2D eigenvalue weighted by Gasteiger charge is 2.08. The average Bonchev–Trinajstić information content (AvgIpc) is 2.64. The van der Waals surface area contributed by atoms with Crippen LogP contribution in [0, 0.1) is 6.92 Å².